The third-order valence-electron chi connectivity index (χ3n) is 5.74. The van der Waals surface area contributed by atoms with Crippen LogP contribution in [0.15, 0.2) is 58.1 Å². The van der Waals surface area contributed by atoms with Crippen molar-refractivity contribution in [3.05, 3.63) is 91.9 Å². The number of H-pyrrole nitrogens is 1. The summed E-state index contributed by atoms with van der Waals surface area (Å²) in [6, 6.07) is 14.1. The van der Waals surface area contributed by atoms with Crippen molar-refractivity contribution >= 4 is 17.1 Å². The van der Waals surface area contributed by atoms with Gasteiger partial charge < -0.3 is 15.8 Å². The Hall–Kier alpha value is -4.14. The van der Waals surface area contributed by atoms with Gasteiger partial charge in [0, 0.05) is 18.5 Å². The first-order valence-electron chi connectivity index (χ1n) is 11.2. The Balaban J connectivity index is 1.75. The lowest BCUT2D eigenvalue weighted by molar-refractivity contribution is -0.117. The SMILES string of the molecule is CCCCn1c(=O)n(Cc2ccccc2O)c(=O)c2[nH]c(Cc3ccc(CC(N)=O)cc3)nc21. The van der Waals surface area contributed by atoms with E-state index in [0.717, 1.165) is 28.5 Å². The number of primary amides is 1. The number of carbonyl (C=O) groups is 1. The number of imidazole rings is 1. The first kappa shape index (κ1) is 23.0. The van der Waals surface area contributed by atoms with Crippen LogP contribution in [0, 0.1) is 0 Å². The van der Waals surface area contributed by atoms with E-state index in [0.29, 0.717) is 30.0 Å². The average Bonchev–Trinajstić information content (AvgIpc) is 3.22. The molecule has 4 aromatic rings. The molecular formula is C25H27N5O4. The molecule has 0 unspecified atom stereocenters. The molecule has 0 saturated heterocycles. The molecule has 0 aliphatic rings. The highest BCUT2D eigenvalue weighted by molar-refractivity contribution is 5.76. The number of carbonyl (C=O) groups excluding carboxylic acids is 1. The number of para-hydroxylation sites is 1. The summed E-state index contributed by atoms with van der Waals surface area (Å²) in [6.07, 6.45) is 2.23. The van der Waals surface area contributed by atoms with E-state index >= 15 is 0 Å². The molecule has 4 rings (SSSR count). The number of unbranched alkanes of at least 4 members (excludes halogenated alkanes) is 1. The van der Waals surface area contributed by atoms with Gasteiger partial charge in [0.2, 0.25) is 5.91 Å². The number of benzene rings is 2. The van der Waals surface area contributed by atoms with Crippen molar-refractivity contribution in [2.45, 2.75) is 45.7 Å². The number of aromatic amines is 1. The van der Waals surface area contributed by atoms with Gasteiger partial charge in [0.25, 0.3) is 5.56 Å². The topological polar surface area (TPSA) is 136 Å². The molecule has 0 atom stereocenters. The van der Waals surface area contributed by atoms with Crippen molar-refractivity contribution in [3.8, 4) is 5.75 Å². The number of hydrogen-bond acceptors (Lipinski definition) is 5. The Morgan fingerprint density at radius 2 is 1.76 bits per heavy atom. The lowest BCUT2D eigenvalue weighted by atomic mass is 10.1. The summed E-state index contributed by atoms with van der Waals surface area (Å²) < 4.78 is 2.66. The minimum Gasteiger partial charge on any atom is -0.508 e. The Kier molecular flexibility index (Phi) is 6.62. The van der Waals surface area contributed by atoms with Crippen molar-refractivity contribution < 1.29 is 9.90 Å². The number of nitrogens with two attached hydrogens (primary N) is 1. The summed E-state index contributed by atoms with van der Waals surface area (Å²) in [6.45, 7) is 2.42. The van der Waals surface area contributed by atoms with Gasteiger partial charge in [-0.15, -0.1) is 0 Å². The monoisotopic (exact) mass is 461 g/mol. The van der Waals surface area contributed by atoms with Crippen LogP contribution >= 0.6 is 0 Å². The summed E-state index contributed by atoms with van der Waals surface area (Å²) in [5.74, 6) is 0.189. The molecule has 1 amide bonds. The fourth-order valence-corrected chi connectivity index (χ4v) is 3.94. The van der Waals surface area contributed by atoms with E-state index in [4.69, 9.17) is 5.73 Å². The summed E-state index contributed by atoms with van der Waals surface area (Å²) in [7, 11) is 0. The van der Waals surface area contributed by atoms with Crippen LogP contribution < -0.4 is 17.0 Å². The molecule has 0 fully saturated rings. The molecule has 176 valence electrons. The van der Waals surface area contributed by atoms with Crippen LogP contribution in [0.5, 0.6) is 5.75 Å². The van der Waals surface area contributed by atoms with Crippen LogP contribution in [0.1, 0.15) is 42.3 Å². The third-order valence-corrected chi connectivity index (χ3v) is 5.74. The number of aryl methyl sites for hydroxylation is 1. The van der Waals surface area contributed by atoms with Gasteiger partial charge in [-0.3, -0.25) is 18.7 Å². The minimum atomic E-state index is -0.480. The molecule has 9 heteroatoms. The average molecular weight is 462 g/mol. The molecule has 4 N–H and O–H groups in total. The van der Waals surface area contributed by atoms with Gasteiger partial charge in [-0.05, 0) is 23.6 Å². The van der Waals surface area contributed by atoms with Gasteiger partial charge in [-0.1, -0.05) is 55.8 Å². The van der Waals surface area contributed by atoms with Crippen molar-refractivity contribution in [2.75, 3.05) is 0 Å². The van der Waals surface area contributed by atoms with Gasteiger partial charge in [-0.2, -0.15) is 0 Å². The number of phenols is 1. The molecule has 2 aromatic heterocycles. The van der Waals surface area contributed by atoms with Crippen molar-refractivity contribution in [1.29, 1.82) is 0 Å². The molecule has 2 aromatic carbocycles. The molecular weight excluding hydrogens is 434 g/mol. The highest BCUT2D eigenvalue weighted by Gasteiger charge is 2.18. The number of aromatic nitrogens is 4. The first-order chi connectivity index (χ1) is 16.4. The van der Waals surface area contributed by atoms with E-state index in [1.54, 1.807) is 18.2 Å². The van der Waals surface area contributed by atoms with Crippen LogP contribution in [0.2, 0.25) is 0 Å². The van der Waals surface area contributed by atoms with E-state index in [9.17, 15) is 19.5 Å². The molecule has 0 aliphatic carbocycles. The molecule has 2 heterocycles. The Bertz CT molecular complexity index is 1450. The van der Waals surface area contributed by atoms with Crippen LogP contribution in [-0.2, 0) is 30.7 Å². The Labute approximate surface area is 195 Å². The van der Waals surface area contributed by atoms with E-state index in [2.05, 4.69) is 9.97 Å². The minimum absolute atomic E-state index is 0.0269. The first-order valence-corrected chi connectivity index (χ1v) is 11.2. The second-order valence-electron chi connectivity index (χ2n) is 8.33. The highest BCUT2D eigenvalue weighted by Crippen LogP contribution is 2.17. The number of phenolic OH excluding ortho intramolecular Hbond substituents is 1. The van der Waals surface area contributed by atoms with E-state index in [1.165, 1.54) is 10.6 Å². The standard InChI is InChI=1S/C25H27N5O4/c1-2-3-12-29-23-22(24(33)30(25(29)34)15-18-6-4-5-7-19(18)31)27-21(28-23)14-17-10-8-16(9-11-17)13-20(26)32/h4-11,31H,2-3,12-15H2,1H3,(H2,26,32)(H,27,28). The van der Waals surface area contributed by atoms with Crippen molar-refractivity contribution in [2.24, 2.45) is 5.73 Å². The van der Waals surface area contributed by atoms with Gasteiger partial charge in [0.05, 0.1) is 13.0 Å². The van der Waals surface area contributed by atoms with Crippen LogP contribution in [0.4, 0.5) is 0 Å². The van der Waals surface area contributed by atoms with Gasteiger partial charge in [0.15, 0.2) is 5.65 Å². The zero-order valence-electron chi connectivity index (χ0n) is 19.0. The van der Waals surface area contributed by atoms with Crippen molar-refractivity contribution in [1.82, 2.24) is 19.1 Å². The molecule has 0 bridgehead atoms. The molecule has 0 radical (unpaired) electrons. The highest BCUT2D eigenvalue weighted by atomic mass is 16.3. The number of rotatable bonds is 9. The van der Waals surface area contributed by atoms with E-state index in [1.807, 2.05) is 31.2 Å². The number of fused-ring (bicyclic) bond motifs is 1. The fourth-order valence-electron chi connectivity index (χ4n) is 3.94. The van der Waals surface area contributed by atoms with Crippen LogP contribution in [0.3, 0.4) is 0 Å². The second-order valence-corrected chi connectivity index (χ2v) is 8.33. The van der Waals surface area contributed by atoms with Crippen molar-refractivity contribution in [3.63, 3.8) is 0 Å². The number of amides is 1. The predicted octanol–water partition coefficient (Wildman–Crippen LogP) is 2.06. The molecule has 0 aliphatic heterocycles. The normalized spacial score (nSPS) is 11.2. The number of nitrogens with one attached hydrogen (secondary N) is 1. The zero-order chi connectivity index (χ0) is 24.2. The smallest absolute Gasteiger partial charge is 0.333 e. The second kappa shape index (κ2) is 9.78. The molecule has 0 spiro atoms. The maximum Gasteiger partial charge on any atom is 0.333 e. The Morgan fingerprint density at radius 3 is 2.44 bits per heavy atom. The predicted molar refractivity (Wildman–Crippen MR) is 129 cm³/mol. The zero-order valence-corrected chi connectivity index (χ0v) is 19.0. The maximum absolute atomic E-state index is 13.3. The van der Waals surface area contributed by atoms with Crippen LogP contribution in [-0.4, -0.2) is 30.1 Å². The number of aromatic hydroxyl groups is 1. The van der Waals surface area contributed by atoms with E-state index in [-0.39, 0.29) is 24.2 Å². The summed E-state index contributed by atoms with van der Waals surface area (Å²) in [4.78, 5) is 45.3. The van der Waals surface area contributed by atoms with Gasteiger partial charge in [-0.25, -0.2) is 9.78 Å². The lowest BCUT2D eigenvalue weighted by Gasteiger charge is -2.11. The maximum atomic E-state index is 13.3. The fraction of sp³-hybridized carbons (Fsp3) is 0.280. The molecule has 34 heavy (non-hydrogen) atoms. The largest absolute Gasteiger partial charge is 0.508 e. The third kappa shape index (κ3) is 4.78. The lowest BCUT2D eigenvalue weighted by Crippen LogP contribution is -2.40. The molecule has 9 nitrogen and oxygen atoms in total. The Morgan fingerprint density at radius 1 is 1.06 bits per heavy atom. The van der Waals surface area contributed by atoms with Gasteiger partial charge >= 0.3 is 5.69 Å². The number of nitrogens with zero attached hydrogens (tertiary/aromatic N) is 3. The quantitative estimate of drug-likeness (QED) is 0.351. The number of hydrogen-bond donors (Lipinski definition) is 3. The van der Waals surface area contributed by atoms with Crippen LogP contribution in [0.25, 0.3) is 11.2 Å². The summed E-state index contributed by atoms with van der Waals surface area (Å²) >= 11 is 0. The summed E-state index contributed by atoms with van der Waals surface area (Å²) in [5, 5.41) is 10.1. The summed E-state index contributed by atoms with van der Waals surface area (Å²) in [5.41, 5.74) is 7.14. The van der Waals surface area contributed by atoms with Gasteiger partial charge in [0.1, 0.15) is 17.1 Å². The van der Waals surface area contributed by atoms with E-state index < -0.39 is 17.2 Å². The molecule has 0 saturated carbocycles.